The van der Waals surface area contributed by atoms with Crippen molar-refractivity contribution in [2.45, 2.75) is 24.9 Å². The van der Waals surface area contributed by atoms with E-state index in [2.05, 4.69) is 4.98 Å². The van der Waals surface area contributed by atoms with E-state index in [0.717, 1.165) is 18.4 Å². The largest absolute Gasteiger partial charge is 0.265 e. The maximum atomic E-state index is 12.8. The molecule has 1 fully saturated rings. The van der Waals surface area contributed by atoms with E-state index in [1.807, 2.05) is 12.1 Å². The molecule has 1 heterocycles. The van der Waals surface area contributed by atoms with Crippen LogP contribution in [0.3, 0.4) is 0 Å². The van der Waals surface area contributed by atoms with E-state index in [1.165, 1.54) is 0 Å². The zero-order valence-corrected chi connectivity index (χ0v) is 6.20. The van der Waals surface area contributed by atoms with Crippen LogP contribution in [0.2, 0.25) is 0 Å². The average Bonchev–Trinajstić information content (AvgIpc) is 2.04. The molecule has 0 aliphatic heterocycles. The number of hydrogen-bond acceptors (Lipinski definition) is 1. The number of pyridine rings is 1. The van der Waals surface area contributed by atoms with E-state index in [4.69, 9.17) is 0 Å². The third-order valence-corrected chi connectivity index (χ3v) is 2.32. The molecule has 0 radical (unpaired) electrons. The number of hydrogen-bond donors (Lipinski definition) is 0. The number of nitrogens with zero attached hydrogens (tertiary/aromatic N) is 1. The van der Waals surface area contributed by atoms with Crippen molar-refractivity contribution in [1.29, 1.82) is 0 Å². The first-order valence-electron chi connectivity index (χ1n) is 3.92. The highest BCUT2D eigenvalue weighted by Crippen LogP contribution is 2.38. The molecular formula is C9H10FN. The van der Waals surface area contributed by atoms with Gasteiger partial charge in [-0.2, -0.15) is 0 Å². The summed E-state index contributed by atoms with van der Waals surface area (Å²) >= 11 is 0. The monoisotopic (exact) mass is 151 g/mol. The smallest absolute Gasteiger partial charge is 0.107 e. The third kappa shape index (κ3) is 1.13. The molecule has 1 aromatic heterocycles. The first-order valence-corrected chi connectivity index (χ1v) is 3.92. The molecule has 1 nitrogen and oxygen atoms in total. The van der Waals surface area contributed by atoms with Crippen LogP contribution in [-0.4, -0.2) is 11.2 Å². The van der Waals surface area contributed by atoms with Crippen LogP contribution < -0.4 is 0 Å². The molecule has 2 atom stereocenters. The van der Waals surface area contributed by atoms with E-state index >= 15 is 0 Å². The molecule has 0 bridgehead atoms. The lowest BCUT2D eigenvalue weighted by Gasteiger charge is -2.30. The Bertz CT molecular complexity index is 235. The predicted octanol–water partition coefficient (Wildman–Crippen LogP) is 2.30. The van der Waals surface area contributed by atoms with Crippen LogP contribution in [0.1, 0.15) is 24.3 Å². The van der Waals surface area contributed by atoms with Crippen molar-refractivity contribution < 1.29 is 4.39 Å². The quantitative estimate of drug-likeness (QED) is 0.600. The lowest BCUT2D eigenvalue weighted by atomic mass is 9.78. The Hall–Kier alpha value is -0.920. The fourth-order valence-corrected chi connectivity index (χ4v) is 1.45. The molecule has 58 valence electrons. The van der Waals surface area contributed by atoms with Gasteiger partial charge in [0.15, 0.2) is 0 Å². The van der Waals surface area contributed by atoms with E-state index in [0.29, 0.717) is 0 Å². The van der Waals surface area contributed by atoms with Gasteiger partial charge in [-0.25, -0.2) is 4.39 Å². The predicted molar refractivity (Wildman–Crippen MR) is 41.1 cm³/mol. The van der Waals surface area contributed by atoms with Crippen LogP contribution >= 0.6 is 0 Å². The summed E-state index contributed by atoms with van der Waals surface area (Å²) in [7, 11) is 0. The van der Waals surface area contributed by atoms with Gasteiger partial charge < -0.3 is 0 Å². The molecule has 1 aliphatic rings. The molecule has 0 aromatic carbocycles. The first-order chi connectivity index (χ1) is 5.38. The van der Waals surface area contributed by atoms with E-state index in [1.54, 1.807) is 12.4 Å². The first kappa shape index (κ1) is 6.77. The number of alkyl halides is 1. The summed E-state index contributed by atoms with van der Waals surface area (Å²) in [4.78, 5) is 3.89. The zero-order valence-electron chi connectivity index (χ0n) is 6.20. The van der Waals surface area contributed by atoms with Crippen LogP contribution in [-0.2, 0) is 0 Å². The zero-order chi connectivity index (χ0) is 7.68. The normalized spacial score (nSPS) is 29.5. The summed E-state index contributed by atoms with van der Waals surface area (Å²) in [5.41, 5.74) is 1.10. The van der Waals surface area contributed by atoms with E-state index in [9.17, 15) is 4.39 Å². The van der Waals surface area contributed by atoms with Crippen molar-refractivity contribution in [2.75, 3.05) is 0 Å². The molecule has 0 spiro atoms. The van der Waals surface area contributed by atoms with Crippen molar-refractivity contribution in [3.63, 3.8) is 0 Å². The van der Waals surface area contributed by atoms with E-state index in [-0.39, 0.29) is 5.92 Å². The molecule has 1 aliphatic carbocycles. The van der Waals surface area contributed by atoms with Crippen LogP contribution in [0, 0.1) is 0 Å². The van der Waals surface area contributed by atoms with Gasteiger partial charge in [0, 0.05) is 18.3 Å². The minimum Gasteiger partial charge on any atom is -0.265 e. The summed E-state index contributed by atoms with van der Waals surface area (Å²) in [6.45, 7) is 0. The Labute approximate surface area is 65.3 Å². The van der Waals surface area contributed by atoms with Gasteiger partial charge in [0.2, 0.25) is 0 Å². The fourth-order valence-electron chi connectivity index (χ4n) is 1.45. The van der Waals surface area contributed by atoms with Crippen molar-refractivity contribution in [3.8, 4) is 0 Å². The maximum Gasteiger partial charge on any atom is 0.107 e. The lowest BCUT2D eigenvalue weighted by Crippen LogP contribution is -2.24. The molecule has 0 N–H and O–H groups in total. The Balaban J connectivity index is 2.17. The van der Waals surface area contributed by atoms with Gasteiger partial charge in [-0.1, -0.05) is 0 Å². The molecule has 2 rings (SSSR count). The molecule has 2 unspecified atom stereocenters. The topological polar surface area (TPSA) is 12.9 Å². The number of rotatable bonds is 1. The lowest BCUT2D eigenvalue weighted by molar-refractivity contribution is 0.170. The standard InChI is InChI=1S/C9H10FN/c10-9-2-1-8(9)7-3-5-11-6-4-7/h3-6,8-9H,1-2H2. The minimum absolute atomic E-state index is 0.151. The molecule has 0 amide bonds. The SMILES string of the molecule is FC1CCC1c1ccncc1. The van der Waals surface area contributed by atoms with Crippen LogP contribution in [0.5, 0.6) is 0 Å². The van der Waals surface area contributed by atoms with Gasteiger partial charge in [-0.3, -0.25) is 4.98 Å². The molecule has 11 heavy (non-hydrogen) atoms. The summed E-state index contributed by atoms with van der Waals surface area (Å²) in [5.74, 6) is 0.151. The van der Waals surface area contributed by atoms with Gasteiger partial charge in [-0.05, 0) is 30.5 Å². The Morgan fingerprint density at radius 1 is 1.27 bits per heavy atom. The molecule has 1 aromatic rings. The fraction of sp³-hybridized carbons (Fsp3) is 0.444. The molecular weight excluding hydrogens is 141 g/mol. The number of halogens is 1. The van der Waals surface area contributed by atoms with Crippen LogP contribution in [0.15, 0.2) is 24.5 Å². The number of aromatic nitrogens is 1. The second-order valence-electron chi connectivity index (χ2n) is 2.98. The van der Waals surface area contributed by atoms with E-state index < -0.39 is 6.17 Å². The highest BCUT2D eigenvalue weighted by Gasteiger charge is 2.31. The van der Waals surface area contributed by atoms with Crippen LogP contribution in [0.25, 0.3) is 0 Å². The molecule has 0 saturated heterocycles. The van der Waals surface area contributed by atoms with Crippen molar-refractivity contribution in [3.05, 3.63) is 30.1 Å². The summed E-state index contributed by atoms with van der Waals surface area (Å²) < 4.78 is 12.8. The summed E-state index contributed by atoms with van der Waals surface area (Å²) in [5, 5.41) is 0. The second-order valence-corrected chi connectivity index (χ2v) is 2.98. The Morgan fingerprint density at radius 3 is 2.45 bits per heavy atom. The minimum atomic E-state index is -0.614. The van der Waals surface area contributed by atoms with Crippen molar-refractivity contribution in [1.82, 2.24) is 4.98 Å². The molecule has 1 saturated carbocycles. The van der Waals surface area contributed by atoms with Gasteiger partial charge in [0.25, 0.3) is 0 Å². The Kier molecular flexibility index (Phi) is 1.60. The second kappa shape index (κ2) is 2.61. The van der Waals surface area contributed by atoms with Crippen molar-refractivity contribution in [2.24, 2.45) is 0 Å². The van der Waals surface area contributed by atoms with Gasteiger partial charge in [0.05, 0.1) is 0 Å². The van der Waals surface area contributed by atoms with Gasteiger partial charge in [-0.15, -0.1) is 0 Å². The third-order valence-electron chi connectivity index (χ3n) is 2.32. The summed E-state index contributed by atoms with van der Waals surface area (Å²) in [6.07, 6.45) is 4.55. The van der Waals surface area contributed by atoms with Gasteiger partial charge in [0.1, 0.15) is 6.17 Å². The average molecular weight is 151 g/mol. The highest BCUT2D eigenvalue weighted by atomic mass is 19.1. The van der Waals surface area contributed by atoms with Crippen LogP contribution in [0.4, 0.5) is 4.39 Å². The Morgan fingerprint density at radius 2 is 2.00 bits per heavy atom. The molecule has 2 heteroatoms. The maximum absolute atomic E-state index is 12.8. The summed E-state index contributed by atoms with van der Waals surface area (Å²) in [6, 6.07) is 3.80. The van der Waals surface area contributed by atoms with Crippen molar-refractivity contribution >= 4 is 0 Å². The van der Waals surface area contributed by atoms with Gasteiger partial charge >= 0.3 is 0 Å². The highest BCUT2D eigenvalue weighted by molar-refractivity contribution is 5.20.